The second kappa shape index (κ2) is 4.25. The van der Waals surface area contributed by atoms with Crippen LogP contribution in [0.5, 0.6) is 0 Å². The van der Waals surface area contributed by atoms with E-state index in [1.807, 2.05) is 17.2 Å². The molecule has 1 amide bonds. The normalized spacial score (nSPS) is 29.8. The molecular formula is C14H18ClN3O. The van der Waals surface area contributed by atoms with E-state index in [0.717, 1.165) is 31.9 Å². The van der Waals surface area contributed by atoms with Crippen molar-refractivity contribution in [2.75, 3.05) is 26.2 Å². The molecule has 0 bridgehead atoms. The third-order valence-corrected chi connectivity index (χ3v) is 4.86. The molecule has 0 radical (unpaired) electrons. The number of fused-ring (bicyclic) bond motifs is 1. The van der Waals surface area contributed by atoms with Crippen LogP contribution in [0, 0.1) is 11.8 Å². The maximum Gasteiger partial charge on any atom is 0.270 e. The van der Waals surface area contributed by atoms with Gasteiger partial charge in [0.2, 0.25) is 0 Å². The molecule has 1 N–H and O–H groups in total. The van der Waals surface area contributed by atoms with Gasteiger partial charge in [0, 0.05) is 38.4 Å². The first kappa shape index (κ1) is 11.8. The summed E-state index contributed by atoms with van der Waals surface area (Å²) in [5.41, 5.74) is 0.778. The predicted molar refractivity (Wildman–Crippen MR) is 73.5 cm³/mol. The maximum absolute atomic E-state index is 12.7. The number of rotatable bonds is 2. The summed E-state index contributed by atoms with van der Waals surface area (Å²) < 4.78 is 2.08. The van der Waals surface area contributed by atoms with Gasteiger partial charge >= 0.3 is 0 Å². The monoisotopic (exact) mass is 279 g/mol. The highest BCUT2D eigenvalue weighted by Crippen LogP contribution is 2.38. The Balaban J connectivity index is 1.57. The minimum absolute atomic E-state index is 0.160. The van der Waals surface area contributed by atoms with E-state index in [1.54, 1.807) is 0 Å². The number of hydrogen-bond donors (Lipinski definition) is 1. The minimum Gasteiger partial charge on any atom is -0.339 e. The number of amides is 1. The summed E-state index contributed by atoms with van der Waals surface area (Å²) in [5, 5.41) is 4.08. The summed E-state index contributed by atoms with van der Waals surface area (Å²) >= 11 is 6.08. The number of likely N-dealkylation sites (tertiary alicyclic amines) is 1. The molecule has 102 valence electrons. The molecule has 1 aromatic rings. The number of nitrogens with zero attached hydrogens (tertiary/aromatic N) is 2. The number of carbonyl (C=O) groups excluding carboxylic acids is 1. The summed E-state index contributed by atoms with van der Waals surface area (Å²) in [5.74, 6) is 1.45. The van der Waals surface area contributed by atoms with Gasteiger partial charge in [-0.15, -0.1) is 0 Å². The lowest BCUT2D eigenvalue weighted by molar-refractivity contribution is 0.0770. The van der Waals surface area contributed by atoms with Crippen LogP contribution in [0.25, 0.3) is 0 Å². The van der Waals surface area contributed by atoms with Crippen molar-refractivity contribution < 1.29 is 4.79 Å². The van der Waals surface area contributed by atoms with Gasteiger partial charge in [0.25, 0.3) is 5.91 Å². The van der Waals surface area contributed by atoms with Crippen LogP contribution in [0.1, 0.15) is 29.4 Å². The average Bonchev–Trinajstić information content (AvgIpc) is 2.82. The molecule has 4 nitrogen and oxygen atoms in total. The topological polar surface area (TPSA) is 37.3 Å². The Kier molecular flexibility index (Phi) is 2.64. The second-order valence-corrected chi connectivity index (χ2v) is 6.51. The zero-order valence-corrected chi connectivity index (χ0v) is 11.6. The zero-order chi connectivity index (χ0) is 13.0. The van der Waals surface area contributed by atoms with E-state index in [1.165, 1.54) is 12.8 Å². The number of aromatic nitrogens is 1. The van der Waals surface area contributed by atoms with E-state index < -0.39 is 0 Å². The molecule has 0 aromatic carbocycles. The molecule has 3 heterocycles. The average molecular weight is 280 g/mol. The van der Waals surface area contributed by atoms with Crippen LogP contribution in [-0.2, 0) is 0 Å². The highest BCUT2D eigenvalue weighted by molar-refractivity contribution is 6.31. The summed E-state index contributed by atoms with van der Waals surface area (Å²) in [6, 6.07) is 2.32. The van der Waals surface area contributed by atoms with Crippen LogP contribution < -0.4 is 5.32 Å². The molecule has 3 fully saturated rings. The molecule has 2 aliphatic heterocycles. The molecule has 2 unspecified atom stereocenters. The maximum atomic E-state index is 12.7. The molecule has 3 aliphatic rings. The van der Waals surface area contributed by atoms with E-state index in [-0.39, 0.29) is 5.91 Å². The lowest BCUT2D eigenvalue weighted by Gasteiger charge is -2.18. The van der Waals surface area contributed by atoms with Crippen LogP contribution in [-0.4, -0.2) is 41.6 Å². The van der Waals surface area contributed by atoms with E-state index in [9.17, 15) is 4.79 Å². The summed E-state index contributed by atoms with van der Waals surface area (Å²) in [6.07, 6.45) is 4.24. The van der Waals surface area contributed by atoms with Gasteiger partial charge in [0.1, 0.15) is 5.69 Å². The van der Waals surface area contributed by atoms with Crippen LogP contribution in [0.3, 0.4) is 0 Å². The minimum atomic E-state index is 0.160. The van der Waals surface area contributed by atoms with Crippen molar-refractivity contribution in [2.45, 2.75) is 18.9 Å². The molecule has 1 aliphatic carbocycles. The summed E-state index contributed by atoms with van der Waals surface area (Å²) in [4.78, 5) is 14.7. The quantitative estimate of drug-likeness (QED) is 0.896. The Hall–Kier alpha value is -1.00. The highest BCUT2D eigenvalue weighted by Gasteiger charge is 2.39. The van der Waals surface area contributed by atoms with E-state index in [2.05, 4.69) is 9.88 Å². The van der Waals surface area contributed by atoms with Crippen molar-refractivity contribution in [3.05, 3.63) is 23.0 Å². The Morgan fingerprint density at radius 3 is 2.58 bits per heavy atom. The van der Waals surface area contributed by atoms with E-state index in [0.29, 0.717) is 22.9 Å². The van der Waals surface area contributed by atoms with Crippen LogP contribution in [0.4, 0.5) is 0 Å². The fourth-order valence-electron chi connectivity index (χ4n) is 3.46. The number of carbonyl (C=O) groups is 1. The first-order chi connectivity index (χ1) is 9.22. The number of nitrogens with one attached hydrogen (secondary N) is 1. The highest BCUT2D eigenvalue weighted by atomic mass is 35.5. The van der Waals surface area contributed by atoms with Gasteiger partial charge in [-0.2, -0.15) is 0 Å². The van der Waals surface area contributed by atoms with Gasteiger partial charge in [0.05, 0.1) is 5.02 Å². The molecule has 4 rings (SSSR count). The molecule has 1 saturated carbocycles. The summed E-state index contributed by atoms with van der Waals surface area (Å²) in [6.45, 7) is 3.89. The molecule has 2 atom stereocenters. The molecular weight excluding hydrogens is 262 g/mol. The van der Waals surface area contributed by atoms with Crippen molar-refractivity contribution in [1.29, 1.82) is 0 Å². The van der Waals surface area contributed by atoms with Crippen molar-refractivity contribution in [3.8, 4) is 0 Å². The van der Waals surface area contributed by atoms with Crippen LogP contribution >= 0.6 is 11.6 Å². The fraction of sp³-hybridized carbons (Fsp3) is 0.643. The Labute approximate surface area is 117 Å². The first-order valence-electron chi connectivity index (χ1n) is 7.10. The van der Waals surface area contributed by atoms with Gasteiger partial charge in [0.15, 0.2) is 0 Å². The Morgan fingerprint density at radius 1 is 1.26 bits per heavy atom. The van der Waals surface area contributed by atoms with E-state index in [4.69, 9.17) is 11.6 Å². The third kappa shape index (κ3) is 1.98. The van der Waals surface area contributed by atoms with Gasteiger partial charge in [-0.1, -0.05) is 11.6 Å². The molecule has 0 spiro atoms. The predicted octanol–water partition coefficient (Wildman–Crippen LogP) is 1.77. The molecule has 5 heteroatoms. The standard InChI is InChI=1S/C14H18ClN3O/c15-11-3-13(18(8-11)12-1-2-12)14(19)17-6-9-4-16-5-10(9)7-17/h3,8-10,12,16H,1-2,4-7H2. The van der Waals surface area contributed by atoms with Gasteiger partial charge < -0.3 is 14.8 Å². The summed E-state index contributed by atoms with van der Waals surface area (Å²) in [7, 11) is 0. The zero-order valence-electron chi connectivity index (χ0n) is 10.8. The molecule has 1 aromatic heterocycles. The Morgan fingerprint density at radius 2 is 1.95 bits per heavy atom. The lowest BCUT2D eigenvalue weighted by atomic mass is 10.0. The number of hydrogen-bond acceptors (Lipinski definition) is 2. The van der Waals surface area contributed by atoms with Crippen LogP contribution in [0.15, 0.2) is 12.3 Å². The van der Waals surface area contributed by atoms with Gasteiger partial charge in [-0.05, 0) is 30.7 Å². The van der Waals surface area contributed by atoms with Crippen molar-refractivity contribution >= 4 is 17.5 Å². The van der Waals surface area contributed by atoms with Crippen molar-refractivity contribution in [3.63, 3.8) is 0 Å². The Bertz CT molecular complexity index is 511. The van der Waals surface area contributed by atoms with Crippen molar-refractivity contribution in [2.24, 2.45) is 11.8 Å². The van der Waals surface area contributed by atoms with Gasteiger partial charge in [-0.25, -0.2) is 0 Å². The molecule has 2 saturated heterocycles. The van der Waals surface area contributed by atoms with E-state index >= 15 is 0 Å². The first-order valence-corrected chi connectivity index (χ1v) is 7.47. The lowest BCUT2D eigenvalue weighted by Crippen LogP contribution is -2.33. The third-order valence-electron chi connectivity index (χ3n) is 4.65. The molecule has 19 heavy (non-hydrogen) atoms. The second-order valence-electron chi connectivity index (χ2n) is 6.07. The van der Waals surface area contributed by atoms with Crippen molar-refractivity contribution in [1.82, 2.24) is 14.8 Å². The van der Waals surface area contributed by atoms with Gasteiger partial charge in [-0.3, -0.25) is 4.79 Å². The SMILES string of the molecule is O=C(c1cc(Cl)cn1C1CC1)N1CC2CNCC2C1. The largest absolute Gasteiger partial charge is 0.339 e. The fourth-order valence-corrected chi connectivity index (χ4v) is 3.66. The number of halogens is 1. The smallest absolute Gasteiger partial charge is 0.270 e. The van der Waals surface area contributed by atoms with Crippen LogP contribution in [0.2, 0.25) is 5.02 Å².